The summed E-state index contributed by atoms with van der Waals surface area (Å²) < 4.78 is 26.2. The molecule has 2 rings (SSSR count). The Bertz CT molecular complexity index is 751. The highest BCUT2D eigenvalue weighted by molar-refractivity contribution is 6.30. The number of amides is 2. The topological polar surface area (TPSA) is 58.2 Å². The molecule has 0 saturated heterocycles. The van der Waals surface area contributed by atoms with Crippen LogP contribution in [0.5, 0.6) is 0 Å². The van der Waals surface area contributed by atoms with Crippen LogP contribution in [0.25, 0.3) is 0 Å². The van der Waals surface area contributed by atoms with Crippen molar-refractivity contribution in [2.24, 2.45) is 0 Å². The number of rotatable bonds is 7. The first-order valence-corrected chi connectivity index (χ1v) is 8.08. The molecule has 4 nitrogen and oxygen atoms in total. The van der Waals surface area contributed by atoms with Crippen LogP contribution in [0.4, 0.5) is 8.78 Å². The van der Waals surface area contributed by atoms with Gasteiger partial charge in [-0.25, -0.2) is 8.78 Å². The zero-order valence-electron chi connectivity index (χ0n) is 13.3. The third kappa shape index (κ3) is 6.15. The molecular weight excluding hydrogens is 350 g/mol. The summed E-state index contributed by atoms with van der Waals surface area (Å²) in [5.74, 6) is -2.49. The van der Waals surface area contributed by atoms with Gasteiger partial charge in [0.25, 0.3) is 5.91 Å². The Labute approximate surface area is 149 Å². The molecule has 2 N–H and O–H groups in total. The minimum Gasteiger partial charge on any atom is -0.354 e. The van der Waals surface area contributed by atoms with E-state index in [-0.39, 0.29) is 24.6 Å². The van der Waals surface area contributed by atoms with E-state index in [2.05, 4.69) is 10.6 Å². The fourth-order valence-corrected chi connectivity index (χ4v) is 2.27. The highest BCUT2D eigenvalue weighted by Crippen LogP contribution is 2.11. The van der Waals surface area contributed by atoms with Gasteiger partial charge in [0.15, 0.2) is 0 Å². The molecule has 132 valence electrons. The molecule has 25 heavy (non-hydrogen) atoms. The van der Waals surface area contributed by atoms with Crippen LogP contribution in [0.3, 0.4) is 0 Å². The van der Waals surface area contributed by atoms with E-state index in [0.717, 1.165) is 17.7 Å². The summed E-state index contributed by atoms with van der Waals surface area (Å²) in [6, 6.07) is 9.96. The molecule has 0 atom stereocenters. The van der Waals surface area contributed by atoms with E-state index < -0.39 is 17.5 Å². The second kappa shape index (κ2) is 9.13. The molecule has 0 aliphatic rings. The predicted octanol–water partition coefficient (Wildman–Crippen LogP) is 3.10. The minimum absolute atomic E-state index is 0.141. The van der Waals surface area contributed by atoms with Crippen LogP contribution in [-0.2, 0) is 11.2 Å². The Kier molecular flexibility index (Phi) is 6.89. The largest absolute Gasteiger partial charge is 0.354 e. The van der Waals surface area contributed by atoms with Crippen molar-refractivity contribution in [3.8, 4) is 0 Å². The number of hydrogen-bond donors (Lipinski definition) is 2. The van der Waals surface area contributed by atoms with Crippen molar-refractivity contribution < 1.29 is 18.4 Å². The number of carbonyl (C=O) groups excluding carboxylic acids is 2. The molecule has 0 unspecified atom stereocenters. The lowest BCUT2D eigenvalue weighted by Gasteiger charge is -2.08. The van der Waals surface area contributed by atoms with Crippen LogP contribution in [0.2, 0.25) is 5.02 Å². The summed E-state index contributed by atoms with van der Waals surface area (Å²) in [7, 11) is 0. The zero-order valence-corrected chi connectivity index (χ0v) is 14.1. The molecule has 2 aromatic rings. The summed E-state index contributed by atoms with van der Waals surface area (Å²) >= 11 is 5.79. The van der Waals surface area contributed by atoms with Crippen LogP contribution in [0.15, 0.2) is 42.5 Å². The van der Waals surface area contributed by atoms with Crippen molar-refractivity contribution in [3.63, 3.8) is 0 Å². The second-order valence-corrected chi connectivity index (χ2v) is 5.79. The molecule has 2 aromatic carbocycles. The fraction of sp³-hybridized carbons (Fsp3) is 0.222. The maximum atomic E-state index is 13.4. The highest BCUT2D eigenvalue weighted by Gasteiger charge is 2.11. The van der Waals surface area contributed by atoms with Gasteiger partial charge in [-0.05, 0) is 36.2 Å². The number of carbonyl (C=O) groups is 2. The number of hydrogen-bond acceptors (Lipinski definition) is 2. The van der Waals surface area contributed by atoms with Crippen LogP contribution >= 0.6 is 11.6 Å². The normalized spacial score (nSPS) is 10.4. The first-order chi connectivity index (χ1) is 12.0. The fourth-order valence-electron chi connectivity index (χ4n) is 2.14. The van der Waals surface area contributed by atoms with Gasteiger partial charge >= 0.3 is 0 Å². The molecule has 7 heteroatoms. The number of halogens is 3. The monoisotopic (exact) mass is 366 g/mol. The molecule has 0 radical (unpaired) electrons. The standard InChI is InChI=1S/C18H17ClF2N2O2/c19-13-4-1-12(2-5-13)3-8-17(24)22-9-10-23-18(25)15-7-6-14(20)11-16(15)21/h1-2,4-7,11H,3,8-10H2,(H,22,24)(H,23,25). The lowest BCUT2D eigenvalue weighted by Crippen LogP contribution is -2.35. The number of nitrogens with one attached hydrogen (secondary N) is 2. The van der Waals surface area contributed by atoms with Gasteiger partial charge in [-0.3, -0.25) is 9.59 Å². The van der Waals surface area contributed by atoms with Gasteiger partial charge in [0.2, 0.25) is 5.91 Å². The van der Waals surface area contributed by atoms with E-state index in [0.29, 0.717) is 23.9 Å². The van der Waals surface area contributed by atoms with Crippen molar-refractivity contribution in [1.82, 2.24) is 10.6 Å². The van der Waals surface area contributed by atoms with Crippen LogP contribution in [0, 0.1) is 11.6 Å². The summed E-state index contributed by atoms with van der Waals surface area (Å²) in [6.45, 7) is 0.357. The highest BCUT2D eigenvalue weighted by atomic mass is 35.5. The van der Waals surface area contributed by atoms with Crippen molar-refractivity contribution in [3.05, 3.63) is 70.2 Å². The predicted molar refractivity (Wildman–Crippen MR) is 91.5 cm³/mol. The first-order valence-electron chi connectivity index (χ1n) is 7.70. The molecule has 0 fully saturated rings. The molecule has 0 aliphatic carbocycles. The summed E-state index contributed by atoms with van der Waals surface area (Å²) in [6.07, 6.45) is 0.887. The average molecular weight is 367 g/mol. The molecule has 0 aromatic heterocycles. The number of benzene rings is 2. The maximum absolute atomic E-state index is 13.4. The third-order valence-electron chi connectivity index (χ3n) is 3.46. The first kappa shape index (κ1) is 18.9. The van der Waals surface area contributed by atoms with E-state index >= 15 is 0 Å². The molecule has 0 aliphatic heterocycles. The Hall–Kier alpha value is -2.47. The summed E-state index contributed by atoms with van der Waals surface area (Å²) in [4.78, 5) is 23.5. The van der Waals surface area contributed by atoms with Crippen molar-refractivity contribution in [2.75, 3.05) is 13.1 Å². The lowest BCUT2D eigenvalue weighted by molar-refractivity contribution is -0.121. The van der Waals surface area contributed by atoms with E-state index in [1.54, 1.807) is 12.1 Å². The SMILES string of the molecule is O=C(CCc1ccc(Cl)cc1)NCCNC(=O)c1ccc(F)cc1F. The van der Waals surface area contributed by atoms with Gasteiger partial charge < -0.3 is 10.6 Å². The van der Waals surface area contributed by atoms with E-state index in [9.17, 15) is 18.4 Å². The molecule has 0 spiro atoms. The summed E-state index contributed by atoms with van der Waals surface area (Å²) in [5.41, 5.74) is 0.759. The lowest BCUT2D eigenvalue weighted by atomic mass is 10.1. The van der Waals surface area contributed by atoms with Crippen LogP contribution in [-0.4, -0.2) is 24.9 Å². The van der Waals surface area contributed by atoms with Gasteiger partial charge in [0, 0.05) is 30.6 Å². The molecule has 0 bridgehead atoms. The quantitative estimate of drug-likeness (QED) is 0.740. The molecule has 2 amide bonds. The second-order valence-electron chi connectivity index (χ2n) is 5.36. The molecule has 0 saturated carbocycles. The maximum Gasteiger partial charge on any atom is 0.254 e. The molecule has 0 heterocycles. The Morgan fingerprint density at radius 2 is 1.64 bits per heavy atom. The number of aryl methyl sites for hydroxylation is 1. The zero-order chi connectivity index (χ0) is 18.2. The summed E-state index contributed by atoms with van der Waals surface area (Å²) in [5, 5.41) is 5.77. The van der Waals surface area contributed by atoms with Gasteiger partial charge in [-0.15, -0.1) is 0 Å². The third-order valence-corrected chi connectivity index (χ3v) is 3.71. The van der Waals surface area contributed by atoms with Crippen LogP contribution in [0.1, 0.15) is 22.3 Å². The van der Waals surface area contributed by atoms with Gasteiger partial charge in [0.1, 0.15) is 11.6 Å². The van der Waals surface area contributed by atoms with Gasteiger partial charge in [-0.2, -0.15) is 0 Å². The van der Waals surface area contributed by atoms with Crippen LogP contribution < -0.4 is 10.6 Å². The Balaban J connectivity index is 1.67. The average Bonchev–Trinajstić information content (AvgIpc) is 2.58. The molecular formula is C18H17ClF2N2O2. The van der Waals surface area contributed by atoms with E-state index in [1.165, 1.54) is 0 Å². The smallest absolute Gasteiger partial charge is 0.254 e. The van der Waals surface area contributed by atoms with E-state index in [4.69, 9.17) is 11.6 Å². The Morgan fingerprint density at radius 3 is 2.32 bits per heavy atom. The van der Waals surface area contributed by atoms with Gasteiger partial charge in [0.05, 0.1) is 5.56 Å². The van der Waals surface area contributed by atoms with Crippen molar-refractivity contribution in [2.45, 2.75) is 12.8 Å². The Morgan fingerprint density at radius 1 is 0.960 bits per heavy atom. The van der Waals surface area contributed by atoms with E-state index in [1.807, 2.05) is 12.1 Å². The van der Waals surface area contributed by atoms with Crippen molar-refractivity contribution >= 4 is 23.4 Å². The van der Waals surface area contributed by atoms with Crippen molar-refractivity contribution in [1.29, 1.82) is 0 Å². The minimum atomic E-state index is -0.926. The van der Waals surface area contributed by atoms with Gasteiger partial charge in [-0.1, -0.05) is 23.7 Å².